The van der Waals surface area contributed by atoms with Crippen molar-refractivity contribution in [3.05, 3.63) is 30.0 Å². The molecule has 0 spiro atoms. The van der Waals surface area contributed by atoms with Crippen LogP contribution in [0.2, 0.25) is 0 Å². The highest BCUT2D eigenvalue weighted by atomic mass is 16.5. The van der Waals surface area contributed by atoms with Crippen LogP contribution >= 0.6 is 0 Å². The van der Waals surface area contributed by atoms with Gasteiger partial charge in [0.25, 0.3) is 5.91 Å². The van der Waals surface area contributed by atoms with Crippen molar-refractivity contribution in [2.24, 2.45) is 0 Å². The number of benzene rings is 1. The number of methoxy groups -OCH3 is 1. The van der Waals surface area contributed by atoms with E-state index in [1.54, 1.807) is 7.11 Å². The number of rotatable bonds is 3. The van der Waals surface area contributed by atoms with Crippen molar-refractivity contribution in [3.8, 4) is 5.75 Å². The van der Waals surface area contributed by atoms with Crippen LogP contribution in [0, 0.1) is 0 Å². The van der Waals surface area contributed by atoms with Gasteiger partial charge in [0.1, 0.15) is 11.4 Å². The number of nitrogens with zero attached hydrogens (tertiary/aromatic N) is 2. The third-order valence-corrected chi connectivity index (χ3v) is 4.94. The number of aromatic nitrogens is 1. The van der Waals surface area contributed by atoms with E-state index in [4.69, 9.17) is 4.74 Å². The minimum atomic E-state index is 0.109. The van der Waals surface area contributed by atoms with Gasteiger partial charge in [0.05, 0.1) is 7.11 Å². The SMILES string of the molecule is COc1ccc2cc(C(=O)N3CCCN(C4CC4)CC3)[nH]c2c1. The topological polar surface area (TPSA) is 48.6 Å². The molecule has 1 aromatic heterocycles. The zero-order valence-electron chi connectivity index (χ0n) is 13.5. The first-order chi connectivity index (χ1) is 11.2. The monoisotopic (exact) mass is 313 g/mol. The summed E-state index contributed by atoms with van der Waals surface area (Å²) in [7, 11) is 1.65. The van der Waals surface area contributed by atoms with Gasteiger partial charge >= 0.3 is 0 Å². The first-order valence-electron chi connectivity index (χ1n) is 8.45. The van der Waals surface area contributed by atoms with Crippen molar-refractivity contribution in [2.75, 3.05) is 33.3 Å². The van der Waals surface area contributed by atoms with Gasteiger partial charge < -0.3 is 14.6 Å². The van der Waals surface area contributed by atoms with E-state index in [-0.39, 0.29) is 5.91 Å². The molecule has 0 unspecified atom stereocenters. The van der Waals surface area contributed by atoms with Crippen LogP contribution in [0.25, 0.3) is 10.9 Å². The van der Waals surface area contributed by atoms with Crippen LogP contribution in [-0.2, 0) is 0 Å². The van der Waals surface area contributed by atoms with Gasteiger partial charge in [-0.1, -0.05) is 0 Å². The Labute approximate surface area is 136 Å². The van der Waals surface area contributed by atoms with Crippen LogP contribution in [0.1, 0.15) is 29.8 Å². The standard InChI is InChI=1S/C18H23N3O2/c1-23-15-6-3-13-11-17(19-16(13)12-15)18(22)21-8-2-7-20(9-10-21)14-4-5-14/h3,6,11-12,14,19H,2,4-5,7-10H2,1H3. The molecular formula is C18H23N3O2. The molecule has 5 nitrogen and oxygen atoms in total. The Morgan fingerprint density at radius 1 is 1.17 bits per heavy atom. The van der Waals surface area contributed by atoms with E-state index in [2.05, 4.69) is 9.88 Å². The fourth-order valence-electron chi connectivity index (χ4n) is 3.46. The zero-order valence-corrected chi connectivity index (χ0v) is 13.5. The second-order valence-electron chi connectivity index (χ2n) is 6.55. The predicted octanol–water partition coefficient (Wildman–Crippen LogP) is 2.49. The summed E-state index contributed by atoms with van der Waals surface area (Å²) in [5, 5.41) is 1.04. The Balaban J connectivity index is 1.51. The van der Waals surface area contributed by atoms with Crippen LogP contribution in [0.5, 0.6) is 5.75 Å². The van der Waals surface area contributed by atoms with Crippen molar-refractivity contribution < 1.29 is 9.53 Å². The second kappa shape index (κ2) is 5.89. The molecule has 2 aromatic rings. The Morgan fingerprint density at radius 2 is 2.04 bits per heavy atom. The number of carbonyl (C=O) groups is 1. The molecule has 1 amide bonds. The maximum atomic E-state index is 12.8. The fourth-order valence-corrected chi connectivity index (χ4v) is 3.46. The molecule has 1 N–H and O–H groups in total. The van der Waals surface area contributed by atoms with Gasteiger partial charge in [-0.05, 0) is 37.5 Å². The van der Waals surface area contributed by atoms with E-state index in [0.717, 1.165) is 55.3 Å². The van der Waals surface area contributed by atoms with E-state index in [9.17, 15) is 4.79 Å². The number of aromatic amines is 1. The number of amides is 1. The summed E-state index contributed by atoms with van der Waals surface area (Å²) in [6.07, 6.45) is 3.73. The van der Waals surface area contributed by atoms with Gasteiger partial charge in [-0.3, -0.25) is 9.69 Å². The summed E-state index contributed by atoms with van der Waals surface area (Å²) in [5.41, 5.74) is 1.62. The highest BCUT2D eigenvalue weighted by Gasteiger charge is 2.31. The molecule has 0 atom stereocenters. The molecule has 1 aliphatic heterocycles. The largest absolute Gasteiger partial charge is 0.497 e. The van der Waals surface area contributed by atoms with E-state index < -0.39 is 0 Å². The second-order valence-corrected chi connectivity index (χ2v) is 6.55. The van der Waals surface area contributed by atoms with Gasteiger partial charge in [0, 0.05) is 49.2 Å². The van der Waals surface area contributed by atoms with Gasteiger partial charge in [-0.2, -0.15) is 0 Å². The highest BCUT2D eigenvalue weighted by Crippen LogP contribution is 2.28. The Morgan fingerprint density at radius 3 is 2.83 bits per heavy atom. The van der Waals surface area contributed by atoms with E-state index in [0.29, 0.717) is 5.69 Å². The number of carbonyl (C=O) groups excluding carboxylic acids is 1. The lowest BCUT2D eigenvalue weighted by Crippen LogP contribution is -2.35. The third-order valence-electron chi connectivity index (χ3n) is 4.94. The van der Waals surface area contributed by atoms with Crippen LogP contribution < -0.4 is 4.74 Å². The molecule has 2 fully saturated rings. The number of ether oxygens (including phenoxy) is 1. The fraction of sp³-hybridized carbons (Fsp3) is 0.500. The first kappa shape index (κ1) is 14.6. The lowest BCUT2D eigenvalue weighted by Gasteiger charge is -2.21. The van der Waals surface area contributed by atoms with E-state index in [1.165, 1.54) is 12.8 Å². The summed E-state index contributed by atoms with van der Waals surface area (Å²) in [6, 6.07) is 8.57. The number of hydrogen-bond acceptors (Lipinski definition) is 3. The summed E-state index contributed by atoms with van der Waals surface area (Å²) < 4.78 is 5.24. The van der Waals surface area contributed by atoms with Crippen LogP contribution in [0.3, 0.4) is 0 Å². The molecule has 1 saturated carbocycles. The molecule has 1 saturated heterocycles. The van der Waals surface area contributed by atoms with E-state index in [1.807, 2.05) is 29.2 Å². The van der Waals surface area contributed by atoms with Crippen LogP contribution in [0.4, 0.5) is 0 Å². The molecular weight excluding hydrogens is 290 g/mol. The number of nitrogens with one attached hydrogen (secondary N) is 1. The molecule has 23 heavy (non-hydrogen) atoms. The third kappa shape index (κ3) is 2.93. The predicted molar refractivity (Wildman–Crippen MR) is 90.0 cm³/mol. The van der Waals surface area contributed by atoms with E-state index >= 15 is 0 Å². The molecule has 1 aliphatic carbocycles. The molecule has 122 valence electrons. The van der Waals surface area contributed by atoms with Crippen LogP contribution in [0.15, 0.2) is 24.3 Å². The molecule has 2 heterocycles. The lowest BCUT2D eigenvalue weighted by atomic mass is 10.2. The number of hydrogen-bond donors (Lipinski definition) is 1. The maximum absolute atomic E-state index is 12.8. The van der Waals surface area contributed by atoms with Crippen molar-refractivity contribution >= 4 is 16.8 Å². The molecule has 0 radical (unpaired) electrons. The zero-order chi connectivity index (χ0) is 15.8. The Bertz CT molecular complexity index is 720. The maximum Gasteiger partial charge on any atom is 0.270 e. The van der Waals surface area contributed by atoms with Crippen molar-refractivity contribution in [1.82, 2.24) is 14.8 Å². The number of H-pyrrole nitrogens is 1. The normalized spacial score (nSPS) is 19.8. The van der Waals surface area contributed by atoms with Gasteiger partial charge in [0.2, 0.25) is 0 Å². The minimum absolute atomic E-state index is 0.109. The van der Waals surface area contributed by atoms with Crippen molar-refractivity contribution in [3.63, 3.8) is 0 Å². The van der Waals surface area contributed by atoms with Gasteiger partial charge in [-0.25, -0.2) is 0 Å². The lowest BCUT2D eigenvalue weighted by molar-refractivity contribution is 0.0756. The van der Waals surface area contributed by atoms with Gasteiger partial charge in [-0.15, -0.1) is 0 Å². The minimum Gasteiger partial charge on any atom is -0.497 e. The van der Waals surface area contributed by atoms with Crippen molar-refractivity contribution in [2.45, 2.75) is 25.3 Å². The van der Waals surface area contributed by atoms with Crippen molar-refractivity contribution in [1.29, 1.82) is 0 Å². The van der Waals surface area contributed by atoms with Gasteiger partial charge in [0.15, 0.2) is 0 Å². The Hall–Kier alpha value is -2.01. The van der Waals surface area contributed by atoms with Crippen LogP contribution in [-0.4, -0.2) is 60.0 Å². The average molecular weight is 313 g/mol. The average Bonchev–Trinajstić information content (AvgIpc) is 3.35. The summed E-state index contributed by atoms with van der Waals surface area (Å²) >= 11 is 0. The smallest absolute Gasteiger partial charge is 0.270 e. The Kier molecular flexibility index (Phi) is 3.73. The molecule has 5 heteroatoms. The summed E-state index contributed by atoms with van der Waals surface area (Å²) in [4.78, 5) is 20.6. The molecule has 1 aromatic carbocycles. The summed E-state index contributed by atoms with van der Waals surface area (Å²) in [6.45, 7) is 3.80. The quantitative estimate of drug-likeness (QED) is 0.947. The number of fused-ring (bicyclic) bond motifs is 1. The molecule has 0 bridgehead atoms. The highest BCUT2D eigenvalue weighted by molar-refractivity contribution is 5.98. The summed E-state index contributed by atoms with van der Waals surface area (Å²) in [5.74, 6) is 0.908. The molecule has 2 aliphatic rings. The first-order valence-corrected chi connectivity index (χ1v) is 8.45. The molecule has 4 rings (SSSR count).